The molecule has 1 saturated heterocycles. The highest BCUT2D eigenvalue weighted by Gasteiger charge is 2.46. The van der Waals surface area contributed by atoms with Crippen molar-refractivity contribution in [3.05, 3.63) is 29.3 Å². The quantitative estimate of drug-likeness (QED) is 0.906. The molecule has 0 amide bonds. The van der Waals surface area contributed by atoms with Gasteiger partial charge in [-0.15, -0.1) is 0 Å². The topological polar surface area (TPSA) is 15.3 Å². The van der Waals surface area contributed by atoms with Crippen LogP contribution in [-0.2, 0) is 0 Å². The first kappa shape index (κ1) is 14.9. The van der Waals surface area contributed by atoms with Crippen molar-refractivity contribution in [2.75, 3.05) is 18.0 Å². The number of hydrogen-bond donors (Lipinski definition) is 1. The number of aryl methyl sites for hydroxylation is 2. The molecular formula is C19H30N2. The van der Waals surface area contributed by atoms with Gasteiger partial charge in [0, 0.05) is 30.4 Å². The standard InChI is InChI=1S/C19H30N2/c1-13(2)18-11-20-19(5,16-6-7-16)12-21(18)17-9-14(3)8-15(4)10-17/h8-10,13,16,18,20H,6-7,11-12H2,1-5H3. The zero-order valence-electron chi connectivity index (χ0n) is 14.2. The molecule has 1 aromatic rings. The van der Waals surface area contributed by atoms with Gasteiger partial charge in [0.2, 0.25) is 0 Å². The smallest absolute Gasteiger partial charge is 0.0438 e. The van der Waals surface area contributed by atoms with Crippen molar-refractivity contribution in [1.29, 1.82) is 0 Å². The molecule has 1 saturated carbocycles. The summed E-state index contributed by atoms with van der Waals surface area (Å²) in [5.74, 6) is 1.54. The van der Waals surface area contributed by atoms with Gasteiger partial charge in [-0.3, -0.25) is 0 Å². The summed E-state index contributed by atoms with van der Waals surface area (Å²) in [5.41, 5.74) is 4.46. The van der Waals surface area contributed by atoms with Gasteiger partial charge in [-0.05, 0) is 68.7 Å². The van der Waals surface area contributed by atoms with Crippen LogP contribution in [0.1, 0.15) is 44.7 Å². The minimum Gasteiger partial charge on any atom is -0.365 e. The number of hydrogen-bond acceptors (Lipinski definition) is 2. The SMILES string of the molecule is Cc1cc(C)cc(N2CC(C)(C3CC3)NCC2C(C)C)c1. The van der Waals surface area contributed by atoms with Crippen LogP contribution >= 0.6 is 0 Å². The fourth-order valence-electron chi connectivity index (χ4n) is 3.96. The van der Waals surface area contributed by atoms with Gasteiger partial charge in [-0.2, -0.15) is 0 Å². The molecule has 2 aliphatic rings. The van der Waals surface area contributed by atoms with Gasteiger partial charge in [0.1, 0.15) is 0 Å². The Morgan fingerprint density at radius 2 is 1.76 bits per heavy atom. The molecular weight excluding hydrogens is 256 g/mol. The van der Waals surface area contributed by atoms with Gasteiger partial charge in [0.05, 0.1) is 0 Å². The fourth-order valence-corrected chi connectivity index (χ4v) is 3.96. The van der Waals surface area contributed by atoms with E-state index in [0.29, 0.717) is 17.5 Å². The van der Waals surface area contributed by atoms with E-state index in [1.54, 1.807) is 0 Å². The van der Waals surface area contributed by atoms with E-state index in [1.165, 1.54) is 29.7 Å². The van der Waals surface area contributed by atoms with Crippen molar-refractivity contribution in [2.24, 2.45) is 11.8 Å². The van der Waals surface area contributed by atoms with Crippen molar-refractivity contribution in [2.45, 2.75) is 59.0 Å². The number of benzene rings is 1. The number of rotatable bonds is 3. The molecule has 116 valence electrons. The van der Waals surface area contributed by atoms with Crippen LogP contribution in [0.25, 0.3) is 0 Å². The Labute approximate surface area is 129 Å². The van der Waals surface area contributed by atoms with Crippen LogP contribution in [-0.4, -0.2) is 24.7 Å². The maximum Gasteiger partial charge on any atom is 0.0438 e. The molecule has 1 aliphatic carbocycles. The molecule has 2 heteroatoms. The summed E-state index contributed by atoms with van der Waals surface area (Å²) in [6, 6.07) is 7.59. The summed E-state index contributed by atoms with van der Waals surface area (Å²) in [6.07, 6.45) is 2.80. The summed E-state index contributed by atoms with van der Waals surface area (Å²) in [7, 11) is 0. The molecule has 1 N–H and O–H groups in total. The van der Waals surface area contributed by atoms with E-state index in [4.69, 9.17) is 0 Å². The Morgan fingerprint density at radius 1 is 1.14 bits per heavy atom. The van der Waals surface area contributed by atoms with Gasteiger partial charge < -0.3 is 10.2 Å². The molecule has 21 heavy (non-hydrogen) atoms. The van der Waals surface area contributed by atoms with E-state index in [9.17, 15) is 0 Å². The minimum atomic E-state index is 0.295. The second kappa shape index (κ2) is 5.31. The highest BCUT2D eigenvalue weighted by molar-refractivity contribution is 5.53. The van der Waals surface area contributed by atoms with Crippen molar-refractivity contribution in [1.82, 2.24) is 5.32 Å². The van der Waals surface area contributed by atoms with E-state index in [-0.39, 0.29) is 0 Å². The first-order valence-electron chi connectivity index (χ1n) is 8.49. The number of nitrogens with zero attached hydrogens (tertiary/aromatic N) is 1. The highest BCUT2D eigenvalue weighted by atomic mass is 15.3. The normalized spacial score (nSPS) is 30.0. The van der Waals surface area contributed by atoms with Crippen LogP contribution in [0.3, 0.4) is 0 Å². The third kappa shape index (κ3) is 2.96. The number of anilines is 1. The summed E-state index contributed by atoms with van der Waals surface area (Å²) in [6.45, 7) is 13.8. The van der Waals surface area contributed by atoms with Crippen LogP contribution in [0.4, 0.5) is 5.69 Å². The zero-order chi connectivity index (χ0) is 15.2. The second-order valence-corrected chi connectivity index (χ2v) is 7.86. The number of nitrogens with one attached hydrogen (secondary N) is 1. The summed E-state index contributed by atoms with van der Waals surface area (Å²) >= 11 is 0. The van der Waals surface area contributed by atoms with E-state index in [0.717, 1.165) is 19.0 Å². The van der Waals surface area contributed by atoms with Gasteiger partial charge in [-0.25, -0.2) is 0 Å². The van der Waals surface area contributed by atoms with E-state index < -0.39 is 0 Å². The highest BCUT2D eigenvalue weighted by Crippen LogP contribution is 2.42. The summed E-state index contributed by atoms with van der Waals surface area (Å²) in [4.78, 5) is 2.68. The van der Waals surface area contributed by atoms with Crippen LogP contribution in [0, 0.1) is 25.7 Å². The fraction of sp³-hybridized carbons (Fsp3) is 0.684. The Morgan fingerprint density at radius 3 is 2.29 bits per heavy atom. The van der Waals surface area contributed by atoms with Crippen LogP contribution < -0.4 is 10.2 Å². The monoisotopic (exact) mass is 286 g/mol. The van der Waals surface area contributed by atoms with Crippen LogP contribution in [0.2, 0.25) is 0 Å². The third-order valence-corrected chi connectivity index (χ3v) is 5.40. The Balaban J connectivity index is 1.93. The largest absolute Gasteiger partial charge is 0.365 e. The average Bonchev–Trinajstić information content (AvgIpc) is 3.21. The van der Waals surface area contributed by atoms with Crippen LogP contribution in [0.5, 0.6) is 0 Å². The molecule has 1 heterocycles. The maximum atomic E-state index is 3.88. The molecule has 2 nitrogen and oxygen atoms in total. The molecule has 0 spiro atoms. The van der Waals surface area contributed by atoms with Gasteiger partial charge in [-0.1, -0.05) is 19.9 Å². The van der Waals surface area contributed by atoms with Gasteiger partial charge >= 0.3 is 0 Å². The Hall–Kier alpha value is -1.02. The van der Waals surface area contributed by atoms with Crippen molar-refractivity contribution < 1.29 is 0 Å². The van der Waals surface area contributed by atoms with Crippen LogP contribution in [0.15, 0.2) is 18.2 Å². The molecule has 2 atom stereocenters. The Bertz CT molecular complexity index is 498. The van der Waals surface area contributed by atoms with Crippen molar-refractivity contribution in [3.63, 3.8) is 0 Å². The average molecular weight is 286 g/mol. The first-order valence-corrected chi connectivity index (χ1v) is 8.49. The molecule has 2 fully saturated rings. The molecule has 1 aliphatic heterocycles. The Kier molecular flexibility index (Phi) is 3.77. The minimum absolute atomic E-state index is 0.295. The lowest BCUT2D eigenvalue weighted by Gasteiger charge is -2.49. The van der Waals surface area contributed by atoms with E-state index in [1.807, 2.05) is 0 Å². The van der Waals surface area contributed by atoms with Crippen molar-refractivity contribution in [3.8, 4) is 0 Å². The van der Waals surface area contributed by atoms with E-state index >= 15 is 0 Å². The predicted molar refractivity (Wildman–Crippen MR) is 91.0 cm³/mol. The van der Waals surface area contributed by atoms with E-state index in [2.05, 4.69) is 63.0 Å². The third-order valence-electron chi connectivity index (χ3n) is 5.40. The van der Waals surface area contributed by atoms with Crippen molar-refractivity contribution >= 4 is 5.69 Å². The number of piperazine rings is 1. The second-order valence-electron chi connectivity index (χ2n) is 7.86. The lowest BCUT2D eigenvalue weighted by Crippen LogP contribution is -2.65. The summed E-state index contributed by atoms with van der Waals surface area (Å²) < 4.78 is 0. The molecule has 0 aromatic heterocycles. The summed E-state index contributed by atoms with van der Waals surface area (Å²) in [5, 5.41) is 3.88. The van der Waals surface area contributed by atoms with Gasteiger partial charge in [0.25, 0.3) is 0 Å². The zero-order valence-corrected chi connectivity index (χ0v) is 14.2. The molecule has 2 unspecified atom stereocenters. The first-order chi connectivity index (χ1) is 9.89. The van der Waals surface area contributed by atoms with Gasteiger partial charge in [0.15, 0.2) is 0 Å². The molecule has 0 radical (unpaired) electrons. The lowest BCUT2D eigenvalue weighted by molar-refractivity contribution is 0.233. The lowest BCUT2D eigenvalue weighted by atomic mass is 9.87. The molecule has 0 bridgehead atoms. The molecule has 1 aromatic carbocycles. The molecule has 3 rings (SSSR count). The maximum absolute atomic E-state index is 3.88. The predicted octanol–water partition coefficient (Wildman–Crippen LogP) is 3.91.